The Morgan fingerprint density at radius 3 is 0.884 bits per heavy atom. The van der Waals surface area contributed by atoms with Crippen molar-refractivity contribution in [2.45, 2.75) is 56.1 Å². The molecule has 7 heteroatoms. The third kappa shape index (κ3) is 8.76. The molecular formula is C36H31N3S4. The SMILES string of the molecule is CSc1ccc(C(=C(c2ccc(SC(C)C#N)cc2)c2ccc(SC(C)C#N)cc2)c2ccc(SC(C)C#N)cc2)cc1. The second-order valence-electron chi connectivity index (χ2n) is 9.72. The monoisotopic (exact) mass is 633 g/mol. The van der Waals surface area contributed by atoms with E-state index in [1.54, 1.807) is 47.0 Å². The molecule has 0 amide bonds. The Kier molecular flexibility index (Phi) is 11.9. The summed E-state index contributed by atoms with van der Waals surface area (Å²) in [5, 5.41) is 27.5. The summed E-state index contributed by atoms with van der Waals surface area (Å²) >= 11 is 6.37. The van der Waals surface area contributed by atoms with E-state index in [9.17, 15) is 15.8 Å². The van der Waals surface area contributed by atoms with Gasteiger partial charge < -0.3 is 0 Å². The van der Waals surface area contributed by atoms with Gasteiger partial charge in [-0.2, -0.15) is 15.8 Å². The van der Waals surface area contributed by atoms with Gasteiger partial charge in [-0.15, -0.1) is 47.0 Å². The lowest BCUT2D eigenvalue weighted by atomic mass is 9.86. The summed E-state index contributed by atoms with van der Waals surface area (Å²) in [5.74, 6) is 0. The normalized spacial score (nSPS) is 12.7. The zero-order valence-corrected chi connectivity index (χ0v) is 27.7. The summed E-state index contributed by atoms with van der Waals surface area (Å²) in [5.41, 5.74) is 6.52. The number of hydrogen-bond acceptors (Lipinski definition) is 7. The van der Waals surface area contributed by atoms with Crippen molar-refractivity contribution in [2.24, 2.45) is 0 Å². The summed E-state index contributed by atoms with van der Waals surface area (Å²) in [6, 6.07) is 40.9. The first-order chi connectivity index (χ1) is 20.8. The Labute approximate surface area is 272 Å². The Morgan fingerprint density at radius 1 is 0.442 bits per heavy atom. The minimum Gasteiger partial charge on any atom is -0.197 e. The molecular weight excluding hydrogens is 603 g/mol. The zero-order chi connectivity index (χ0) is 30.8. The van der Waals surface area contributed by atoms with E-state index in [2.05, 4.69) is 122 Å². The average molecular weight is 634 g/mol. The molecule has 0 aliphatic rings. The standard InChI is InChI=1S/C36H31N3S4/c1-24(21-37)41-32-15-7-28(8-16-32)35(27-5-13-31(40-4)14-6-27)36(29-9-17-33(18-10-29)42-25(2)22-38)30-11-19-34(20-12-30)43-26(3)23-39/h5-20,24-26H,1-4H3. The fourth-order valence-corrected chi connectivity index (χ4v) is 7.13. The van der Waals surface area contributed by atoms with Crippen molar-refractivity contribution in [3.05, 3.63) is 119 Å². The van der Waals surface area contributed by atoms with Crippen LogP contribution in [0.1, 0.15) is 43.0 Å². The minimum atomic E-state index is -0.132. The largest absolute Gasteiger partial charge is 0.197 e. The molecule has 0 radical (unpaired) electrons. The number of nitriles is 3. The van der Waals surface area contributed by atoms with Crippen LogP contribution in [0.2, 0.25) is 0 Å². The lowest BCUT2D eigenvalue weighted by Gasteiger charge is -2.19. The van der Waals surface area contributed by atoms with E-state index in [-0.39, 0.29) is 15.7 Å². The third-order valence-electron chi connectivity index (χ3n) is 6.54. The summed E-state index contributed by atoms with van der Waals surface area (Å²) < 4.78 is 0. The molecule has 0 N–H and O–H groups in total. The highest BCUT2D eigenvalue weighted by molar-refractivity contribution is 8.00. The van der Waals surface area contributed by atoms with Crippen LogP contribution in [0.15, 0.2) is 117 Å². The van der Waals surface area contributed by atoms with E-state index in [1.165, 1.54) is 4.90 Å². The minimum absolute atomic E-state index is 0.129. The quantitative estimate of drug-likeness (QED) is 0.120. The van der Waals surface area contributed by atoms with E-state index in [4.69, 9.17) is 0 Å². The molecule has 43 heavy (non-hydrogen) atoms. The van der Waals surface area contributed by atoms with Gasteiger partial charge >= 0.3 is 0 Å². The molecule has 4 aromatic carbocycles. The summed E-state index contributed by atoms with van der Waals surface area (Å²) in [6.45, 7) is 5.73. The van der Waals surface area contributed by atoms with Crippen molar-refractivity contribution in [1.29, 1.82) is 15.8 Å². The van der Waals surface area contributed by atoms with Crippen LogP contribution < -0.4 is 0 Å². The van der Waals surface area contributed by atoms with Crippen molar-refractivity contribution >= 4 is 58.2 Å². The first-order valence-electron chi connectivity index (χ1n) is 13.7. The number of benzene rings is 4. The zero-order valence-electron chi connectivity index (χ0n) is 24.4. The fraction of sp³-hybridized carbons (Fsp3) is 0.194. The highest BCUT2D eigenvalue weighted by Crippen LogP contribution is 2.39. The predicted molar refractivity (Wildman–Crippen MR) is 185 cm³/mol. The molecule has 0 bridgehead atoms. The van der Waals surface area contributed by atoms with Crippen molar-refractivity contribution in [3.63, 3.8) is 0 Å². The number of nitrogens with zero attached hydrogens (tertiary/aromatic N) is 3. The van der Waals surface area contributed by atoms with Crippen LogP contribution in [0.5, 0.6) is 0 Å². The molecule has 3 unspecified atom stereocenters. The van der Waals surface area contributed by atoms with E-state index in [0.717, 1.165) is 48.1 Å². The molecule has 0 heterocycles. The maximum Gasteiger partial charge on any atom is 0.0935 e. The van der Waals surface area contributed by atoms with Crippen LogP contribution in [0.4, 0.5) is 0 Å². The number of hydrogen-bond donors (Lipinski definition) is 0. The van der Waals surface area contributed by atoms with Gasteiger partial charge in [0.15, 0.2) is 0 Å². The van der Waals surface area contributed by atoms with Crippen LogP contribution >= 0.6 is 47.0 Å². The molecule has 0 aliphatic carbocycles. The van der Waals surface area contributed by atoms with Crippen LogP contribution in [0.3, 0.4) is 0 Å². The van der Waals surface area contributed by atoms with Crippen LogP contribution in [0, 0.1) is 34.0 Å². The smallest absolute Gasteiger partial charge is 0.0935 e. The van der Waals surface area contributed by atoms with Crippen molar-refractivity contribution < 1.29 is 0 Å². The van der Waals surface area contributed by atoms with Crippen molar-refractivity contribution in [1.82, 2.24) is 0 Å². The second-order valence-corrected chi connectivity index (χ2v) is 14.8. The van der Waals surface area contributed by atoms with Gasteiger partial charge in [0.25, 0.3) is 0 Å². The summed E-state index contributed by atoms with van der Waals surface area (Å²) in [7, 11) is 0. The Morgan fingerprint density at radius 2 is 0.674 bits per heavy atom. The third-order valence-corrected chi connectivity index (χ3v) is 10.3. The predicted octanol–water partition coefficient (Wildman–Crippen LogP) is 10.4. The van der Waals surface area contributed by atoms with Gasteiger partial charge in [0.2, 0.25) is 0 Å². The maximum atomic E-state index is 9.31. The first kappa shape index (κ1) is 32.4. The fourth-order valence-electron chi connectivity index (χ4n) is 4.46. The highest BCUT2D eigenvalue weighted by atomic mass is 32.2. The molecule has 0 fully saturated rings. The first-order valence-corrected chi connectivity index (χ1v) is 17.6. The number of rotatable bonds is 11. The summed E-state index contributed by atoms with van der Waals surface area (Å²) in [4.78, 5) is 4.35. The molecule has 3 atom stereocenters. The van der Waals surface area contributed by atoms with E-state index >= 15 is 0 Å². The van der Waals surface area contributed by atoms with Gasteiger partial charge in [0, 0.05) is 19.6 Å². The lowest BCUT2D eigenvalue weighted by Crippen LogP contribution is -1.99. The van der Waals surface area contributed by atoms with Crippen LogP contribution in [0.25, 0.3) is 11.1 Å². The summed E-state index contributed by atoms with van der Waals surface area (Å²) in [6.07, 6.45) is 2.08. The van der Waals surface area contributed by atoms with Gasteiger partial charge in [-0.1, -0.05) is 48.5 Å². The molecule has 4 aromatic rings. The van der Waals surface area contributed by atoms with Gasteiger partial charge in [-0.3, -0.25) is 0 Å². The molecule has 3 nitrogen and oxygen atoms in total. The number of thioether (sulfide) groups is 4. The van der Waals surface area contributed by atoms with E-state index < -0.39 is 0 Å². The molecule has 0 saturated heterocycles. The molecule has 0 aliphatic heterocycles. The van der Waals surface area contributed by atoms with Gasteiger partial charge in [0.05, 0.1) is 34.0 Å². The Balaban J connectivity index is 1.94. The molecule has 4 rings (SSSR count). The Bertz CT molecular complexity index is 1610. The average Bonchev–Trinajstić information content (AvgIpc) is 3.05. The second kappa shape index (κ2) is 15.8. The molecule has 0 saturated carbocycles. The molecule has 0 spiro atoms. The molecule has 214 valence electrons. The highest BCUT2D eigenvalue weighted by Gasteiger charge is 2.18. The van der Waals surface area contributed by atoms with Crippen molar-refractivity contribution in [3.8, 4) is 18.2 Å². The molecule has 0 aromatic heterocycles. The lowest BCUT2D eigenvalue weighted by molar-refractivity contribution is 1.23. The van der Waals surface area contributed by atoms with E-state index in [1.807, 2.05) is 20.8 Å². The van der Waals surface area contributed by atoms with E-state index in [0.29, 0.717) is 0 Å². The van der Waals surface area contributed by atoms with Gasteiger partial charge in [0.1, 0.15) is 0 Å². The Hall–Kier alpha value is -3.51. The maximum absolute atomic E-state index is 9.31. The topological polar surface area (TPSA) is 71.4 Å². The van der Waals surface area contributed by atoms with Gasteiger partial charge in [-0.25, -0.2) is 0 Å². The van der Waals surface area contributed by atoms with Crippen LogP contribution in [-0.4, -0.2) is 22.0 Å². The van der Waals surface area contributed by atoms with Crippen LogP contribution in [-0.2, 0) is 0 Å². The van der Waals surface area contributed by atoms with Crippen molar-refractivity contribution in [2.75, 3.05) is 6.26 Å². The van der Waals surface area contributed by atoms with Gasteiger partial charge in [-0.05, 0) is 109 Å².